The fourth-order valence-electron chi connectivity index (χ4n) is 4.15. The van der Waals surface area contributed by atoms with Crippen LogP contribution in [-0.2, 0) is 0 Å². The van der Waals surface area contributed by atoms with Gasteiger partial charge in [0.05, 0.1) is 0 Å². The Hall–Kier alpha value is -2.64. The summed E-state index contributed by atoms with van der Waals surface area (Å²) in [6, 6.07) is 4.74. The molecule has 2 fully saturated rings. The molecule has 3 N–H and O–H groups in total. The number of anilines is 2. The molecule has 0 unspecified atom stereocenters. The molecule has 8 nitrogen and oxygen atoms in total. The van der Waals surface area contributed by atoms with Gasteiger partial charge in [-0.1, -0.05) is 0 Å². The number of nitrogens with zero attached hydrogens (tertiary/aromatic N) is 4. The lowest BCUT2D eigenvalue weighted by Crippen LogP contribution is -2.46. The number of rotatable bonds is 5. The second-order valence-corrected chi connectivity index (χ2v) is 8.44. The van der Waals surface area contributed by atoms with Gasteiger partial charge in [-0.15, -0.1) is 0 Å². The van der Waals surface area contributed by atoms with E-state index >= 15 is 0 Å². The molecule has 1 aliphatic heterocycles. The second-order valence-electron chi connectivity index (χ2n) is 8.44. The number of carbonyl (C=O) groups excluding carboxylic acids is 1. The molecule has 0 atom stereocenters. The van der Waals surface area contributed by atoms with Crippen LogP contribution in [0.2, 0.25) is 0 Å². The van der Waals surface area contributed by atoms with Gasteiger partial charge in [0.2, 0.25) is 5.95 Å². The number of fused-ring (bicyclic) bond motifs is 1. The first-order valence-corrected chi connectivity index (χ1v) is 10.8. The molecule has 1 saturated carbocycles. The van der Waals surface area contributed by atoms with Crippen molar-refractivity contribution in [2.75, 3.05) is 23.3 Å². The summed E-state index contributed by atoms with van der Waals surface area (Å²) in [5.74, 6) is 1.64. The van der Waals surface area contributed by atoms with E-state index in [-0.39, 0.29) is 18.1 Å². The average molecular weight is 398 g/mol. The molecule has 2 amide bonds. The minimum Gasteiger partial charge on any atom is -0.357 e. The second kappa shape index (κ2) is 8.80. The SMILES string of the molecule is CC(C)NC(=O)N[C@H]1CC[C@H](Nc2ncc3ccc(N4CCCC4)nc3n2)CC1. The van der Waals surface area contributed by atoms with Crippen LogP contribution >= 0.6 is 0 Å². The highest BCUT2D eigenvalue weighted by atomic mass is 16.2. The van der Waals surface area contributed by atoms with Crippen LogP contribution < -0.4 is 20.9 Å². The molecule has 2 aromatic heterocycles. The molecule has 0 bridgehead atoms. The van der Waals surface area contributed by atoms with Crippen molar-refractivity contribution in [1.82, 2.24) is 25.6 Å². The van der Waals surface area contributed by atoms with Crippen LogP contribution in [0.15, 0.2) is 18.3 Å². The van der Waals surface area contributed by atoms with Gasteiger partial charge in [-0.2, -0.15) is 4.98 Å². The highest BCUT2D eigenvalue weighted by Gasteiger charge is 2.23. The fourth-order valence-corrected chi connectivity index (χ4v) is 4.15. The maximum absolute atomic E-state index is 11.9. The van der Waals surface area contributed by atoms with Gasteiger partial charge in [-0.05, 0) is 64.5 Å². The Morgan fingerprint density at radius 3 is 2.52 bits per heavy atom. The molecule has 2 aromatic rings. The number of pyridine rings is 1. The van der Waals surface area contributed by atoms with E-state index in [9.17, 15) is 4.79 Å². The number of hydrogen-bond donors (Lipinski definition) is 3. The van der Waals surface area contributed by atoms with Crippen LogP contribution in [0.1, 0.15) is 52.4 Å². The summed E-state index contributed by atoms with van der Waals surface area (Å²) in [6.45, 7) is 6.07. The summed E-state index contributed by atoms with van der Waals surface area (Å²) < 4.78 is 0. The summed E-state index contributed by atoms with van der Waals surface area (Å²) in [6.07, 6.45) is 8.17. The Kier molecular flexibility index (Phi) is 5.97. The van der Waals surface area contributed by atoms with Crippen LogP contribution in [0.25, 0.3) is 11.0 Å². The standard InChI is InChI=1S/C21H31N7O/c1-14(2)23-21(29)25-17-8-6-16(7-9-17)24-20-22-13-15-5-10-18(26-19(15)27-20)28-11-3-4-12-28/h5,10,13-14,16-17H,3-4,6-9,11-12H2,1-2H3,(H2,23,25,29)(H,22,24,26,27)/t16-,17-. The predicted molar refractivity (Wildman–Crippen MR) is 115 cm³/mol. The largest absolute Gasteiger partial charge is 0.357 e. The van der Waals surface area contributed by atoms with Crippen molar-refractivity contribution >= 4 is 28.8 Å². The van der Waals surface area contributed by atoms with Crippen LogP contribution in [0, 0.1) is 0 Å². The van der Waals surface area contributed by atoms with Crippen molar-refractivity contribution in [3.8, 4) is 0 Å². The van der Waals surface area contributed by atoms with E-state index in [0.717, 1.165) is 55.6 Å². The Morgan fingerprint density at radius 2 is 1.79 bits per heavy atom. The van der Waals surface area contributed by atoms with E-state index in [0.29, 0.717) is 12.0 Å². The number of aromatic nitrogens is 3. The smallest absolute Gasteiger partial charge is 0.315 e. The normalized spacial score (nSPS) is 22.1. The van der Waals surface area contributed by atoms with Gasteiger partial charge < -0.3 is 20.9 Å². The zero-order chi connectivity index (χ0) is 20.2. The van der Waals surface area contributed by atoms with Gasteiger partial charge in [0.25, 0.3) is 0 Å². The third-order valence-corrected chi connectivity index (χ3v) is 5.67. The molecule has 156 valence electrons. The summed E-state index contributed by atoms with van der Waals surface area (Å²) in [5.41, 5.74) is 0.743. The fraction of sp³-hybridized carbons (Fsp3) is 0.619. The Labute approximate surface area is 171 Å². The lowest BCUT2D eigenvalue weighted by Gasteiger charge is -2.30. The van der Waals surface area contributed by atoms with E-state index in [1.807, 2.05) is 20.0 Å². The summed E-state index contributed by atoms with van der Waals surface area (Å²) >= 11 is 0. The number of amides is 2. The number of urea groups is 1. The average Bonchev–Trinajstić information content (AvgIpc) is 3.23. The maximum Gasteiger partial charge on any atom is 0.315 e. The van der Waals surface area contributed by atoms with Gasteiger partial charge in [-0.3, -0.25) is 0 Å². The van der Waals surface area contributed by atoms with Crippen molar-refractivity contribution in [2.45, 2.75) is 70.5 Å². The third-order valence-electron chi connectivity index (χ3n) is 5.67. The van der Waals surface area contributed by atoms with Gasteiger partial charge in [0, 0.05) is 42.8 Å². The number of hydrogen-bond acceptors (Lipinski definition) is 6. The summed E-state index contributed by atoms with van der Waals surface area (Å²) in [4.78, 5) is 28.1. The molecule has 2 aliphatic rings. The minimum atomic E-state index is -0.0749. The molecule has 0 radical (unpaired) electrons. The Morgan fingerprint density at radius 1 is 1.07 bits per heavy atom. The van der Waals surface area contributed by atoms with Gasteiger partial charge in [0.15, 0.2) is 5.65 Å². The molecular weight excluding hydrogens is 366 g/mol. The van der Waals surface area contributed by atoms with Crippen molar-refractivity contribution in [2.24, 2.45) is 0 Å². The van der Waals surface area contributed by atoms with Gasteiger partial charge >= 0.3 is 6.03 Å². The highest BCUT2D eigenvalue weighted by molar-refractivity contribution is 5.77. The lowest BCUT2D eigenvalue weighted by atomic mass is 9.91. The molecule has 3 heterocycles. The highest BCUT2D eigenvalue weighted by Crippen LogP contribution is 2.23. The number of nitrogens with one attached hydrogen (secondary N) is 3. The predicted octanol–water partition coefficient (Wildman–Crippen LogP) is 3.06. The molecule has 0 spiro atoms. The lowest BCUT2D eigenvalue weighted by molar-refractivity contribution is 0.229. The van der Waals surface area contributed by atoms with E-state index in [2.05, 4.69) is 43.0 Å². The Balaban J connectivity index is 1.34. The monoisotopic (exact) mass is 397 g/mol. The molecule has 8 heteroatoms. The van der Waals surface area contributed by atoms with E-state index in [1.54, 1.807) is 0 Å². The van der Waals surface area contributed by atoms with E-state index < -0.39 is 0 Å². The number of carbonyl (C=O) groups is 1. The van der Waals surface area contributed by atoms with Crippen molar-refractivity contribution in [3.63, 3.8) is 0 Å². The minimum absolute atomic E-state index is 0.0749. The molecule has 29 heavy (non-hydrogen) atoms. The molecule has 1 saturated heterocycles. The van der Waals surface area contributed by atoms with E-state index in [1.165, 1.54) is 12.8 Å². The first-order valence-electron chi connectivity index (χ1n) is 10.8. The quantitative estimate of drug-likeness (QED) is 0.718. The summed E-state index contributed by atoms with van der Waals surface area (Å²) in [5, 5.41) is 10.4. The maximum atomic E-state index is 11.9. The van der Waals surface area contributed by atoms with Crippen LogP contribution in [0.4, 0.5) is 16.6 Å². The van der Waals surface area contributed by atoms with Crippen LogP contribution in [-0.4, -0.2) is 52.2 Å². The first kappa shape index (κ1) is 19.7. The van der Waals surface area contributed by atoms with E-state index in [4.69, 9.17) is 4.98 Å². The molecular formula is C21H31N7O. The van der Waals surface area contributed by atoms with Gasteiger partial charge in [0.1, 0.15) is 5.82 Å². The van der Waals surface area contributed by atoms with Crippen LogP contribution in [0.5, 0.6) is 0 Å². The topological polar surface area (TPSA) is 95.1 Å². The third kappa shape index (κ3) is 5.05. The Bertz CT molecular complexity index is 842. The molecule has 1 aliphatic carbocycles. The summed E-state index contributed by atoms with van der Waals surface area (Å²) in [7, 11) is 0. The zero-order valence-electron chi connectivity index (χ0n) is 17.3. The first-order chi connectivity index (χ1) is 14.1. The van der Waals surface area contributed by atoms with Crippen molar-refractivity contribution < 1.29 is 4.79 Å². The molecule has 4 rings (SSSR count). The van der Waals surface area contributed by atoms with Crippen molar-refractivity contribution in [3.05, 3.63) is 18.3 Å². The van der Waals surface area contributed by atoms with Crippen LogP contribution in [0.3, 0.4) is 0 Å². The van der Waals surface area contributed by atoms with Crippen molar-refractivity contribution in [1.29, 1.82) is 0 Å². The zero-order valence-corrected chi connectivity index (χ0v) is 17.3. The molecule has 0 aromatic carbocycles. The van der Waals surface area contributed by atoms with Gasteiger partial charge in [-0.25, -0.2) is 14.8 Å².